The summed E-state index contributed by atoms with van der Waals surface area (Å²) in [5, 5.41) is 0. The molecule has 0 aliphatic heterocycles. The van der Waals surface area contributed by atoms with Crippen LogP contribution in [0, 0.1) is 17.8 Å². The second-order valence-electron chi connectivity index (χ2n) is 3.96. The second-order valence-corrected chi connectivity index (χ2v) is 3.96. The van der Waals surface area contributed by atoms with Crippen LogP contribution in [0.15, 0.2) is 24.3 Å². The summed E-state index contributed by atoms with van der Waals surface area (Å²) in [5.74, 6) is 6.54. The molecule has 2 heteroatoms. The zero-order valence-electron chi connectivity index (χ0n) is 11.0. The molecule has 1 unspecified atom stereocenters. The molecule has 0 aromatic heterocycles. The predicted octanol–water partition coefficient (Wildman–Crippen LogP) is 3.14. The maximum Gasteiger partial charge on any atom is 0.155 e. The molecule has 0 saturated heterocycles. The normalized spacial score (nSPS) is 12.6. The Morgan fingerprint density at radius 2 is 2.18 bits per heavy atom. The van der Waals surface area contributed by atoms with Crippen LogP contribution in [0.25, 0.3) is 0 Å². The molecule has 0 heterocycles. The van der Waals surface area contributed by atoms with E-state index in [2.05, 4.69) is 31.8 Å². The average molecular weight is 234 g/mol. The van der Waals surface area contributed by atoms with Gasteiger partial charge < -0.3 is 4.74 Å². The summed E-state index contributed by atoms with van der Waals surface area (Å²) in [6.45, 7) is 6.57. The molecule has 94 valence electrons. The van der Waals surface area contributed by atoms with E-state index in [9.17, 15) is 4.79 Å². The molecule has 0 amide bonds. The number of ether oxygens (including phenoxy) is 1. The van der Waals surface area contributed by atoms with E-state index in [1.54, 1.807) is 0 Å². The number of Topliss-reactive ketones (excluding diaryl/α,β-unsaturated/α-hetero) is 1. The van der Waals surface area contributed by atoms with E-state index in [-0.39, 0.29) is 12.4 Å². The number of hydrogen-bond acceptors (Lipinski definition) is 2. The van der Waals surface area contributed by atoms with Crippen molar-refractivity contribution in [1.82, 2.24) is 0 Å². The van der Waals surface area contributed by atoms with Crippen LogP contribution in [-0.4, -0.2) is 19.0 Å². The van der Waals surface area contributed by atoms with E-state index in [4.69, 9.17) is 4.74 Å². The number of ketones is 1. The fraction of sp³-hybridized carbons (Fsp3) is 0.533. The molecule has 0 bridgehead atoms. The minimum Gasteiger partial charge on any atom is -0.373 e. The van der Waals surface area contributed by atoms with Gasteiger partial charge in [0.25, 0.3) is 0 Å². The largest absolute Gasteiger partial charge is 0.373 e. The van der Waals surface area contributed by atoms with Gasteiger partial charge in [-0.1, -0.05) is 50.3 Å². The van der Waals surface area contributed by atoms with Crippen LogP contribution in [0.4, 0.5) is 0 Å². The zero-order valence-corrected chi connectivity index (χ0v) is 11.0. The predicted molar refractivity (Wildman–Crippen MR) is 71.6 cm³/mol. The summed E-state index contributed by atoms with van der Waals surface area (Å²) in [6.07, 6.45) is 9.76. The third kappa shape index (κ3) is 12.6. The number of allylic oxidation sites excluding steroid dienone is 4. The van der Waals surface area contributed by atoms with Crippen molar-refractivity contribution in [3.63, 3.8) is 0 Å². The van der Waals surface area contributed by atoms with E-state index in [1.165, 1.54) is 6.92 Å². The van der Waals surface area contributed by atoms with E-state index >= 15 is 0 Å². The number of carbonyl (C=O) groups excluding carboxylic acids is 1. The molecular formula is C15H22O2. The van der Waals surface area contributed by atoms with Gasteiger partial charge in [0, 0.05) is 6.42 Å². The molecule has 0 saturated carbocycles. The van der Waals surface area contributed by atoms with Crippen molar-refractivity contribution in [1.29, 1.82) is 0 Å². The molecule has 0 spiro atoms. The van der Waals surface area contributed by atoms with Crippen molar-refractivity contribution in [2.75, 3.05) is 13.2 Å². The zero-order chi connectivity index (χ0) is 12.9. The first-order valence-electron chi connectivity index (χ1n) is 6.05. The van der Waals surface area contributed by atoms with E-state index < -0.39 is 0 Å². The van der Waals surface area contributed by atoms with Gasteiger partial charge in [0.2, 0.25) is 0 Å². The Hall–Kier alpha value is -1.33. The molecule has 0 fully saturated rings. The molecule has 0 aliphatic rings. The molecule has 0 rings (SSSR count). The lowest BCUT2D eigenvalue weighted by Crippen LogP contribution is -2.04. The van der Waals surface area contributed by atoms with Gasteiger partial charge in [0.15, 0.2) is 5.78 Å². The molecule has 0 N–H and O–H groups in total. The van der Waals surface area contributed by atoms with Gasteiger partial charge in [-0.05, 0) is 18.9 Å². The van der Waals surface area contributed by atoms with Crippen molar-refractivity contribution in [3.8, 4) is 11.8 Å². The highest BCUT2D eigenvalue weighted by atomic mass is 16.5. The quantitative estimate of drug-likeness (QED) is 0.384. The first kappa shape index (κ1) is 15.7. The average Bonchev–Trinajstić information content (AvgIpc) is 2.30. The molecule has 0 aromatic carbocycles. The first-order valence-corrected chi connectivity index (χ1v) is 6.05. The van der Waals surface area contributed by atoms with Crippen molar-refractivity contribution < 1.29 is 9.53 Å². The number of rotatable bonds is 7. The maximum atomic E-state index is 10.6. The first-order chi connectivity index (χ1) is 8.16. The molecule has 2 nitrogen and oxygen atoms in total. The molecule has 0 aromatic rings. The lowest BCUT2D eigenvalue weighted by molar-refractivity contribution is -0.121. The SMILES string of the molecule is CCC(C)C=CC=CC#CCCOCC(C)=O. The third-order valence-electron chi connectivity index (χ3n) is 2.15. The molecule has 0 aliphatic carbocycles. The van der Waals surface area contributed by atoms with Crippen LogP contribution in [-0.2, 0) is 9.53 Å². The smallest absolute Gasteiger partial charge is 0.155 e. The van der Waals surface area contributed by atoms with Gasteiger partial charge in [0.1, 0.15) is 6.61 Å². The molecule has 0 radical (unpaired) electrons. The Balaban J connectivity index is 3.57. The number of hydrogen-bond donors (Lipinski definition) is 0. The van der Waals surface area contributed by atoms with E-state index in [1.807, 2.05) is 18.2 Å². The fourth-order valence-corrected chi connectivity index (χ4v) is 0.964. The van der Waals surface area contributed by atoms with Gasteiger partial charge in [-0.25, -0.2) is 0 Å². The molecule has 1 atom stereocenters. The highest BCUT2D eigenvalue weighted by Gasteiger charge is 1.90. The van der Waals surface area contributed by atoms with Gasteiger partial charge in [-0.2, -0.15) is 0 Å². The highest BCUT2D eigenvalue weighted by Crippen LogP contribution is 2.01. The summed E-state index contributed by atoms with van der Waals surface area (Å²) in [4.78, 5) is 10.6. The lowest BCUT2D eigenvalue weighted by atomic mass is 10.1. The van der Waals surface area contributed by atoms with Crippen molar-refractivity contribution in [2.24, 2.45) is 5.92 Å². The summed E-state index contributed by atoms with van der Waals surface area (Å²) < 4.78 is 5.08. The lowest BCUT2D eigenvalue weighted by Gasteiger charge is -1.96. The van der Waals surface area contributed by atoms with Crippen molar-refractivity contribution >= 4 is 5.78 Å². The maximum absolute atomic E-state index is 10.6. The van der Waals surface area contributed by atoms with Gasteiger partial charge in [0.05, 0.1) is 6.61 Å². The van der Waals surface area contributed by atoms with E-state index in [0.29, 0.717) is 18.9 Å². The van der Waals surface area contributed by atoms with Gasteiger partial charge in [-0.3, -0.25) is 4.79 Å². The Labute approximate surface area is 105 Å². The highest BCUT2D eigenvalue weighted by molar-refractivity contribution is 5.76. The third-order valence-corrected chi connectivity index (χ3v) is 2.15. The summed E-state index contributed by atoms with van der Waals surface area (Å²) in [6, 6.07) is 0. The summed E-state index contributed by atoms with van der Waals surface area (Å²) in [7, 11) is 0. The Kier molecular flexibility index (Phi) is 10.3. The van der Waals surface area contributed by atoms with Gasteiger partial charge >= 0.3 is 0 Å². The van der Waals surface area contributed by atoms with Crippen LogP contribution < -0.4 is 0 Å². The minimum atomic E-state index is 0.0491. The standard InChI is InChI=1S/C15H22O2/c1-4-14(2)11-9-7-5-6-8-10-12-17-13-15(3)16/h5,7,9,11,14H,4,10,12-13H2,1-3H3. The van der Waals surface area contributed by atoms with Crippen molar-refractivity contribution in [3.05, 3.63) is 24.3 Å². The summed E-state index contributed by atoms with van der Waals surface area (Å²) >= 11 is 0. The van der Waals surface area contributed by atoms with Crippen molar-refractivity contribution in [2.45, 2.75) is 33.6 Å². The summed E-state index contributed by atoms with van der Waals surface area (Å²) in [5.41, 5.74) is 0. The number of carbonyl (C=O) groups is 1. The monoisotopic (exact) mass is 234 g/mol. The van der Waals surface area contributed by atoms with Crippen LogP contribution >= 0.6 is 0 Å². The Morgan fingerprint density at radius 1 is 1.41 bits per heavy atom. The Morgan fingerprint density at radius 3 is 2.82 bits per heavy atom. The fourth-order valence-electron chi connectivity index (χ4n) is 0.964. The topological polar surface area (TPSA) is 26.3 Å². The van der Waals surface area contributed by atoms with Crippen LogP contribution in [0.2, 0.25) is 0 Å². The Bertz CT molecular complexity index is 316. The van der Waals surface area contributed by atoms with Gasteiger partial charge in [-0.15, -0.1) is 0 Å². The van der Waals surface area contributed by atoms with Crippen LogP contribution in [0.5, 0.6) is 0 Å². The second kappa shape index (κ2) is 11.2. The minimum absolute atomic E-state index is 0.0491. The molecular weight excluding hydrogens is 212 g/mol. The van der Waals surface area contributed by atoms with Crippen LogP contribution in [0.3, 0.4) is 0 Å². The van der Waals surface area contributed by atoms with E-state index in [0.717, 1.165) is 6.42 Å². The van der Waals surface area contributed by atoms with Crippen LogP contribution in [0.1, 0.15) is 33.6 Å². The molecule has 17 heavy (non-hydrogen) atoms.